The van der Waals surface area contributed by atoms with Gasteiger partial charge in [0.05, 0.1) is 22.6 Å². The van der Waals surface area contributed by atoms with Crippen molar-refractivity contribution in [1.29, 1.82) is 0 Å². The van der Waals surface area contributed by atoms with Crippen molar-refractivity contribution < 1.29 is 4.79 Å². The molecule has 1 fully saturated rings. The Kier molecular flexibility index (Phi) is 5.06. The summed E-state index contributed by atoms with van der Waals surface area (Å²) >= 11 is 1.38. The third-order valence-electron chi connectivity index (χ3n) is 4.64. The van der Waals surface area contributed by atoms with Gasteiger partial charge in [-0.2, -0.15) is 0 Å². The number of amides is 1. The van der Waals surface area contributed by atoms with Crippen molar-refractivity contribution in [3.8, 4) is 11.4 Å². The number of nitrogens with one attached hydrogen (secondary N) is 2. The van der Waals surface area contributed by atoms with Gasteiger partial charge in [-0.3, -0.25) is 9.78 Å². The average Bonchev–Trinajstić information content (AvgIpc) is 3.31. The second-order valence-electron chi connectivity index (χ2n) is 6.57. The van der Waals surface area contributed by atoms with Crippen molar-refractivity contribution >= 4 is 23.2 Å². The number of pyridine rings is 1. The van der Waals surface area contributed by atoms with Crippen LogP contribution < -0.4 is 10.6 Å². The Labute approximate surface area is 161 Å². The van der Waals surface area contributed by atoms with E-state index in [1.54, 1.807) is 17.9 Å². The molecule has 4 rings (SSSR count). The second-order valence-corrected chi connectivity index (χ2v) is 7.43. The highest BCUT2D eigenvalue weighted by Gasteiger charge is 2.27. The van der Waals surface area contributed by atoms with Crippen molar-refractivity contribution in [2.45, 2.75) is 38.3 Å². The predicted octanol–water partition coefficient (Wildman–Crippen LogP) is 3.07. The largest absolute Gasteiger partial charge is 0.351 e. The molecule has 1 amide bonds. The number of carbonyl (C=O) groups excluding carboxylic acids is 1. The summed E-state index contributed by atoms with van der Waals surface area (Å²) < 4.78 is 0. The SMILES string of the molecule is Cc1ncsc1C(=O)N[C@H]1CC[C@H](Nc2nccc(-c3ccccn3)n2)C1. The van der Waals surface area contributed by atoms with Crippen molar-refractivity contribution in [1.82, 2.24) is 25.3 Å². The minimum absolute atomic E-state index is 0.0333. The Balaban J connectivity index is 1.36. The van der Waals surface area contributed by atoms with Crippen LogP contribution in [0.4, 0.5) is 5.95 Å². The van der Waals surface area contributed by atoms with Gasteiger partial charge in [0.2, 0.25) is 5.95 Å². The first-order valence-corrected chi connectivity index (χ1v) is 9.79. The van der Waals surface area contributed by atoms with Gasteiger partial charge in [0, 0.05) is 24.5 Å². The van der Waals surface area contributed by atoms with Crippen LogP contribution in [0.2, 0.25) is 0 Å². The van der Waals surface area contributed by atoms with Crippen LogP contribution in [0.15, 0.2) is 42.2 Å². The maximum Gasteiger partial charge on any atom is 0.263 e. The van der Waals surface area contributed by atoms with E-state index in [9.17, 15) is 4.79 Å². The van der Waals surface area contributed by atoms with Crippen LogP contribution in [0.5, 0.6) is 0 Å². The number of aryl methyl sites for hydroxylation is 1. The molecule has 0 bridgehead atoms. The van der Waals surface area contributed by atoms with E-state index >= 15 is 0 Å². The summed E-state index contributed by atoms with van der Waals surface area (Å²) in [6, 6.07) is 7.97. The van der Waals surface area contributed by atoms with Gasteiger partial charge in [-0.1, -0.05) is 6.07 Å². The molecule has 0 aromatic carbocycles. The molecule has 0 spiro atoms. The molecule has 1 saturated carbocycles. The highest BCUT2D eigenvalue weighted by molar-refractivity contribution is 7.11. The van der Waals surface area contributed by atoms with E-state index in [1.807, 2.05) is 31.2 Å². The van der Waals surface area contributed by atoms with Crippen molar-refractivity contribution in [3.05, 3.63) is 52.7 Å². The monoisotopic (exact) mass is 380 g/mol. The van der Waals surface area contributed by atoms with Crippen LogP contribution in [0, 0.1) is 6.92 Å². The molecule has 0 aliphatic heterocycles. The molecule has 1 aliphatic carbocycles. The smallest absolute Gasteiger partial charge is 0.263 e. The molecular formula is C19H20N6OS. The van der Waals surface area contributed by atoms with Crippen LogP contribution in [-0.2, 0) is 0 Å². The second kappa shape index (κ2) is 7.79. The lowest BCUT2D eigenvalue weighted by Gasteiger charge is -2.14. The average molecular weight is 380 g/mol. The van der Waals surface area contributed by atoms with E-state index < -0.39 is 0 Å². The zero-order chi connectivity index (χ0) is 18.6. The molecular weight excluding hydrogens is 360 g/mol. The van der Waals surface area contributed by atoms with Gasteiger partial charge in [0.25, 0.3) is 5.91 Å². The molecule has 3 aromatic heterocycles. The number of thiazole rings is 1. The standard InChI is InChI=1S/C19H20N6OS/c1-12-17(27-11-22-12)18(26)23-13-5-6-14(10-13)24-19-21-9-7-16(25-19)15-4-2-3-8-20-15/h2-4,7-9,11,13-14H,5-6,10H2,1H3,(H,23,26)(H,21,24,25)/t13-,14-/m0/s1. The van der Waals surface area contributed by atoms with E-state index in [4.69, 9.17) is 0 Å². The molecule has 27 heavy (non-hydrogen) atoms. The first-order chi connectivity index (χ1) is 13.2. The number of rotatable bonds is 5. The van der Waals surface area contributed by atoms with Crippen LogP contribution >= 0.6 is 11.3 Å². The highest BCUT2D eigenvalue weighted by Crippen LogP contribution is 2.24. The van der Waals surface area contributed by atoms with Crippen molar-refractivity contribution in [3.63, 3.8) is 0 Å². The number of hydrogen-bond donors (Lipinski definition) is 2. The van der Waals surface area contributed by atoms with Gasteiger partial charge in [-0.15, -0.1) is 11.3 Å². The summed E-state index contributed by atoms with van der Waals surface area (Å²) in [4.78, 5) is 30.4. The molecule has 0 radical (unpaired) electrons. The summed E-state index contributed by atoms with van der Waals surface area (Å²) in [7, 11) is 0. The van der Waals surface area contributed by atoms with E-state index in [0.717, 1.165) is 36.3 Å². The fourth-order valence-corrected chi connectivity index (χ4v) is 3.99. The number of hydrogen-bond acceptors (Lipinski definition) is 7. The summed E-state index contributed by atoms with van der Waals surface area (Å²) in [5.74, 6) is 0.558. The lowest BCUT2D eigenvalue weighted by Crippen LogP contribution is -2.33. The number of aromatic nitrogens is 4. The van der Waals surface area contributed by atoms with E-state index in [2.05, 4.69) is 30.6 Å². The fraction of sp³-hybridized carbons (Fsp3) is 0.316. The predicted molar refractivity (Wildman–Crippen MR) is 105 cm³/mol. The van der Waals surface area contributed by atoms with Gasteiger partial charge in [-0.25, -0.2) is 15.0 Å². The van der Waals surface area contributed by atoms with Crippen LogP contribution in [0.1, 0.15) is 34.6 Å². The fourth-order valence-electron chi connectivity index (χ4n) is 3.28. The molecule has 2 N–H and O–H groups in total. The Bertz CT molecular complexity index is 929. The van der Waals surface area contributed by atoms with Crippen LogP contribution in [0.3, 0.4) is 0 Å². The molecule has 3 aromatic rings. The van der Waals surface area contributed by atoms with E-state index in [1.165, 1.54) is 11.3 Å². The topological polar surface area (TPSA) is 92.7 Å². The Morgan fingerprint density at radius 1 is 1.07 bits per heavy atom. The number of nitrogens with zero attached hydrogens (tertiary/aromatic N) is 4. The molecule has 7 nitrogen and oxygen atoms in total. The Hall–Kier alpha value is -2.87. The van der Waals surface area contributed by atoms with Crippen molar-refractivity contribution in [2.75, 3.05) is 5.32 Å². The maximum atomic E-state index is 12.4. The maximum absolute atomic E-state index is 12.4. The van der Waals surface area contributed by atoms with Gasteiger partial charge < -0.3 is 10.6 Å². The normalized spacial score (nSPS) is 19.0. The summed E-state index contributed by atoms with van der Waals surface area (Å²) in [5.41, 5.74) is 4.09. The molecule has 1 aliphatic rings. The molecule has 138 valence electrons. The zero-order valence-electron chi connectivity index (χ0n) is 14.9. The summed E-state index contributed by atoms with van der Waals surface area (Å²) in [6.45, 7) is 1.86. The summed E-state index contributed by atoms with van der Waals surface area (Å²) in [6.07, 6.45) is 6.23. The Morgan fingerprint density at radius 3 is 2.74 bits per heavy atom. The van der Waals surface area contributed by atoms with Gasteiger partial charge in [0.1, 0.15) is 4.88 Å². The van der Waals surface area contributed by atoms with Gasteiger partial charge >= 0.3 is 0 Å². The first kappa shape index (κ1) is 17.5. The Morgan fingerprint density at radius 2 is 1.96 bits per heavy atom. The molecule has 0 unspecified atom stereocenters. The highest BCUT2D eigenvalue weighted by atomic mass is 32.1. The van der Waals surface area contributed by atoms with Crippen molar-refractivity contribution in [2.24, 2.45) is 0 Å². The van der Waals surface area contributed by atoms with Gasteiger partial charge in [0.15, 0.2) is 0 Å². The molecule has 3 heterocycles. The quantitative estimate of drug-likeness (QED) is 0.707. The molecule has 2 atom stereocenters. The number of anilines is 1. The minimum atomic E-state index is -0.0333. The van der Waals surface area contributed by atoms with Gasteiger partial charge in [-0.05, 0) is 44.4 Å². The first-order valence-electron chi connectivity index (χ1n) is 8.91. The molecule has 0 saturated heterocycles. The van der Waals surface area contributed by atoms with Crippen LogP contribution in [-0.4, -0.2) is 37.9 Å². The van der Waals surface area contributed by atoms with Crippen LogP contribution in [0.25, 0.3) is 11.4 Å². The molecule has 8 heteroatoms. The third kappa shape index (κ3) is 4.11. The third-order valence-corrected chi connectivity index (χ3v) is 5.56. The lowest BCUT2D eigenvalue weighted by atomic mass is 10.2. The number of carbonyl (C=O) groups is 1. The summed E-state index contributed by atoms with van der Waals surface area (Å²) in [5, 5.41) is 6.51. The van der Waals surface area contributed by atoms with E-state index in [-0.39, 0.29) is 18.0 Å². The van der Waals surface area contributed by atoms with E-state index in [0.29, 0.717) is 10.8 Å². The minimum Gasteiger partial charge on any atom is -0.351 e. The lowest BCUT2D eigenvalue weighted by molar-refractivity contribution is 0.0941. The zero-order valence-corrected chi connectivity index (χ0v) is 15.7.